The first-order valence-electron chi connectivity index (χ1n) is 6.16. The minimum absolute atomic E-state index is 0.115. The van der Waals surface area contributed by atoms with E-state index >= 15 is 0 Å². The lowest BCUT2D eigenvalue weighted by Crippen LogP contribution is -2.17. The van der Waals surface area contributed by atoms with E-state index in [9.17, 15) is 4.79 Å². The Morgan fingerprint density at radius 3 is 2.83 bits per heavy atom. The summed E-state index contributed by atoms with van der Waals surface area (Å²) in [5.41, 5.74) is 0. The number of ether oxygens (including phenoxy) is 2. The van der Waals surface area contributed by atoms with Gasteiger partial charge in [-0.3, -0.25) is 0 Å². The molecule has 1 aromatic heterocycles. The minimum atomic E-state index is -0.510. The molecule has 0 bridgehead atoms. The molecule has 0 aliphatic carbocycles. The van der Waals surface area contributed by atoms with E-state index in [-0.39, 0.29) is 5.82 Å². The summed E-state index contributed by atoms with van der Waals surface area (Å²) in [6, 6.07) is 0. The van der Waals surface area contributed by atoms with Gasteiger partial charge in [-0.05, 0) is 29.7 Å². The number of nitrogens with zero attached hydrogens (tertiary/aromatic N) is 4. The number of hydrogen-bond donors (Lipinski definition) is 0. The molecule has 1 heterocycles. The summed E-state index contributed by atoms with van der Waals surface area (Å²) in [6.07, 6.45) is 1.01. The molecular formula is C11H20N4O3. The van der Waals surface area contributed by atoms with Crippen LogP contribution >= 0.6 is 0 Å². The number of aromatic nitrogens is 4. The Morgan fingerprint density at radius 2 is 2.17 bits per heavy atom. The van der Waals surface area contributed by atoms with Crippen molar-refractivity contribution in [1.29, 1.82) is 0 Å². The average molecular weight is 256 g/mol. The summed E-state index contributed by atoms with van der Waals surface area (Å²) < 4.78 is 11.7. The van der Waals surface area contributed by atoms with Gasteiger partial charge < -0.3 is 9.47 Å². The van der Waals surface area contributed by atoms with Crippen molar-refractivity contribution < 1.29 is 14.3 Å². The van der Waals surface area contributed by atoms with Crippen LogP contribution in [-0.2, 0) is 16.0 Å². The molecular weight excluding hydrogens is 236 g/mol. The number of carbonyl (C=O) groups excluding carboxylic acids is 1. The van der Waals surface area contributed by atoms with Crippen molar-refractivity contribution in [1.82, 2.24) is 20.2 Å². The molecule has 0 unspecified atom stereocenters. The second-order valence-corrected chi connectivity index (χ2v) is 4.24. The third-order valence-corrected chi connectivity index (χ3v) is 2.28. The van der Waals surface area contributed by atoms with Crippen LogP contribution in [0.4, 0.5) is 0 Å². The van der Waals surface area contributed by atoms with Gasteiger partial charge in [0.25, 0.3) is 5.82 Å². The molecule has 0 amide bonds. The zero-order valence-electron chi connectivity index (χ0n) is 11.1. The first-order chi connectivity index (χ1) is 8.65. The number of tetrazole rings is 1. The van der Waals surface area contributed by atoms with Crippen molar-refractivity contribution in [2.75, 3.05) is 19.8 Å². The van der Waals surface area contributed by atoms with E-state index in [2.05, 4.69) is 29.4 Å². The quantitative estimate of drug-likeness (QED) is 0.508. The highest BCUT2D eigenvalue weighted by Crippen LogP contribution is 2.00. The zero-order valence-corrected chi connectivity index (χ0v) is 11.1. The lowest BCUT2D eigenvalue weighted by Gasteiger charge is -2.07. The maximum atomic E-state index is 11.5. The molecule has 0 N–H and O–H groups in total. The smallest absolute Gasteiger partial charge is 0.378 e. The van der Waals surface area contributed by atoms with Gasteiger partial charge in [-0.15, -0.1) is 5.10 Å². The van der Waals surface area contributed by atoms with Gasteiger partial charge in [0, 0.05) is 6.61 Å². The van der Waals surface area contributed by atoms with Gasteiger partial charge in [0.15, 0.2) is 0 Å². The summed E-state index contributed by atoms with van der Waals surface area (Å²) in [5.74, 6) is 0.224. The Balaban J connectivity index is 2.34. The van der Waals surface area contributed by atoms with E-state index in [4.69, 9.17) is 9.47 Å². The molecule has 0 aromatic carbocycles. The molecule has 1 aromatic rings. The van der Waals surface area contributed by atoms with Crippen molar-refractivity contribution in [2.45, 2.75) is 33.7 Å². The molecule has 0 atom stereocenters. The van der Waals surface area contributed by atoms with Crippen molar-refractivity contribution in [3.8, 4) is 0 Å². The Morgan fingerprint density at radius 1 is 1.39 bits per heavy atom. The van der Waals surface area contributed by atoms with Crippen LogP contribution in [0.15, 0.2) is 0 Å². The lowest BCUT2D eigenvalue weighted by molar-refractivity contribution is 0.0499. The second kappa shape index (κ2) is 7.75. The van der Waals surface area contributed by atoms with Crippen molar-refractivity contribution in [3.05, 3.63) is 5.82 Å². The predicted molar refractivity (Wildman–Crippen MR) is 64.0 cm³/mol. The van der Waals surface area contributed by atoms with Crippen LogP contribution in [0.1, 0.15) is 37.8 Å². The fourth-order valence-electron chi connectivity index (χ4n) is 1.27. The van der Waals surface area contributed by atoms with Crippen molar-refractivity contribution in [3.63, 3.8) is 0 Å². The highest BCUT2D eigenvalue weighted by Gasteiger charge is 2.16. The van der Waals surface area contributed by atoms with Gasteiger partial charge in [-0.2, -0.15) is 0 Å². The molecule has 102 valence electrons. The van der Waals surface area contributed by atoms with E-state index in [0.717, 1.165) is 6.42 Å². The molecule has 0 saturated heterocycles. The molecule has 0 saturated carbocycles. The molecule has 0 fully saturated rings. The van der Waals surface area contributed by atoms with Gasteiger partial charge >= 0.3 is 5.97 Å². The molecule has 0 spiro atoms. The molecule has 7 nitrogen and oxygen atoms in total. The molecule has 1 rings (SSSR count). The topological polar surface area (TPSA) is 79.1 Å². The maximum absolute atomic E-state index is 11.5. The van der Waals surface area contributed by atoms with Crippen LogP contribution in [0, 0.1) is 5.92 Å². The Kier molecular flexibility index (Phi) is 6.27. The predicted octanol–water partition coefficient (Wildman–Crippen LogP) is 0.912. The molecule has 0 aliphatic rings. The van der Waals surface area contributed by atoms with Crippen LogP contribution in [0.2, 0.25) is 0 Å². The lowest BCUT2D eigenvalue weighted by atomic mass is 10.1. The highest BCUT2D eigenvalue weighted by molar-refractivity contribution is 5.85. The van der Waals surface area contributed by atoms with Gasteiger partial charge in [0.05, 0.1) is 19.8 Å². The van der Waals surface area contributed by atoms with Gasteiger partial charge in [-0.1, -0.05) is 13.8 Å². The standard InChI is InChI=1S/C11H20N4O3/c1-4-18-11(16)10-12-13-14-15(10)6-8-17-7-5-9(2)3/h9H,4-8H2,1-3H3. The SMILES string of the molecule is CCOC(=O)c1nnnn1CCOCCC(C)C. The fraction of sp³-hybridized carbons (Fsp3) is 0.818. The highest BCUT2D eigenvalue weighted by atomic mass is 16.5. The molecule has 0 aliphatic heterocycles. The Labute approximate surface area is 106 Å². The number of esters is 1. The minimum Gasteiger partial charge on any atom is -0.460 e. The summed E-state index contributed by atoms with van der Waals surface area (Å²) in [6.45, 7) is 7.95. The van der Waals surface area contributed by atoms with Crippen LogP contribution in [0.3, 0.4) is 0 Å². The molecule has 7 heteroatoms. The summed E-state index contributed by atoms with van der Waals surface area (Å²) in [4.78, 5) is 11.5. The largest absolute Gasteiger partial charge is 0.460 e. The second-order valence-electron chi connectivity index (χ2n) is 4.24. The monoisotopic (exact) mass is 256 g/mol. The zero-order chi connectivity index (χ0) is 13.4. The van der Waals surface area contributed by atoms with Crippen LogP contribution in [0.25, 0.3) is 0 Å². The molecule has 18 heavy (non-hydrogen) atoms. The van der Waals surface area contributed by atoms with E-state index in [0.29, 0.717) is 32.3 Å². The van der Waals surface area contributed by atoms with Crippen molar-refractivity contribution >= 4 is 5.97 Å². The van der Waals surface area contributed by atoms with Crippen LogP contribution < -0.4 is 0 Å². The van der Waals surface area contributed by atoms with Crippen LogP contribution in [-0.4, -0.2) is 46.0 Å². The molecule has 0 radical (unpaired) electrons. The first-order valence-corrected chi connectivity index (χ1v) is 6.16. The van der Waals surface area contributed by atoms with Gasteiger partial charge in [0.1, 0.15) is 0 Å². The Hall–Kier alpha value is -1.50. The first kappa shape index (κ1) is 14.6. The third kappa shape index (κ3) is 4.79. The number of rotatable bonds is 8. The summed E-state index contributed by atoms with van der Waals surface area (Å²) in [5, 5.41) is 10.8. The van der Waals surface area contributed by atoms with Crippen LogP contribution in [0.5, 0.6) is 0 Å². The number of carbonyl (C=O) groups is 1. The summed E-state index contributed by atoms with van der Waals surface area (Å²) in [7, 11) is 0. The van der Waals surface area contributed by atoms with E-state index < -0.39 is 5.97 Å². The fourth-order valence-corrected chi connectivity index (χ4v) is 1.27. The van der Waals surface area contributed by atoms with E-state index in [1.54, 1.807) is 6.92 Å². The number of hydrogen-bond acceptors (Lipinski definition) is 6. The third-order valence-electron chi connectivity index (χ3n) is 2.28. The maximum Gasteiger partial charge on any atom is 0.378 e. The van der Waals surface area contributed by atoms with E-state index in [1.807, 2.05) is 0 Å². The average Bonchev–Trinajstić information content (AvgIpc) is 2.77. The normalized spacial score (nSPS) is 10.9. The van der Waals surface area contributed by atoms with Crippen molar-refractivity contribution in [2.24, 2.45) is 5.92 Å². The van der Waals surface area contributed by atoms with Gasteiger partial charge in [-0.25, -0.2) is 9.48 Å². The Bertz CT molecular complexity index is 365. The van der Waals surface area contributed by atoms with E-state index in [1.165, 1.54) is 4.68 Å². The van der Waals surface area contributed by atoms with Gasteiger partial charge in [0.2, 0.25) is 0 Å². The summed E-state index contributed by atoms with van der Waals surface area (Å²) >= 11 is 0.